The molecule has 2 N–H and O–H groups in total. The number of nitrogens with zero attached hydrogens (tertiary/aromatic N) is 2. The number of aliphatic hydroxyl groups is 1. The zero-order valence-corrected chi connectivity index (χ0v) is 16.2. The van der Waals surface area contributed by atoms with Gasteiger partial charge in [0.25, 0.3) is 5.56 Å². The molecule has 4 rings (SSSR count). The van der Waals surface area contributed by atoms with Crippen LogP contribution < -0.4 is 10.3 Å². The van der Waals surface area contributed by atoms with Crippen LogP contribution in [0, 0.1) is 0 Å². The summed E-state index contributed by atoms with van der Waals surface area (Å²) in [6.07, 6.45) is -0.668. The fourth-order valence-corrected chi connectivity index (χ4v) is 3.39. The molecular weight excluding hydrogens is 366 g/mol. The summed E-state index contributed by atoms with van der Waals surface area (Å²) in [6.45, 7) is 1.00. The molecule has 0 saturated heterocycles. The minimum Gasteiger partial charge on any atom is -0.491 e. The van der Waals surface area contributed by atoms with Crippen LogP contribution in [-0.2, 0) is 6.54 Å². The van der Waals surface area contributed by atoms with Crippen LogP contribution in [0.5, 0.6) is 5.75 Å². The number of fused-ring (bicyclic) bond motifs is 2. The van der Waals surface area contributed by atoms with Crippen molar-refractivity contribution in [3.8, 4) is 5.75 Å². The highest BCUT2D eigenvalue weighted by Gasteiger charge is 2.12. The lowest BCUT2D eigenvalue weighted by atomic mass is 10.1. The molecule has 4 aromatic rings. The summed E-state index contributed by atoms with van der Waals surface area (Å²) >= 11 is 0. The van der Waals surface area contributed by atoms with E-state index in [0.717, 1.165) is 16.5 Å². The first-order valence-corrected chi connectivity index (χ1v) is 9.54. The van der Waals surface area contributed by atoms with Gasteiger partial charge >= 0.3 is 0 Å². The van der Waals surface area contributed by atoms with E-state index in [0.29, 0.717) is 29.8 Å². The van der Waals surface area contributed by atoms with Gasteiger partial charge in [-0.2, -0.15) is 0 Å². The third-order valence-corrected chi connectivity index (χ3v) is 4.77. The molecule has 0 spiro atoms. The van der Waals surface area contributed by atoms with Crippen LogP contribution in [0.3, 0.4) is 0 Å². The smallest absolute Gasteiger partial charge is 0.258 e. The van der Waals surface area contributed by atoms with Gasteiger partial charge in [-0.05, 0) is 42.1 Å². The maximum Gasteiger partial charge on any atom is 0.258 e. The number of aromatic amines is 1. The Morgan fingerprint density at radius 2 is 1.83 bits per heavy atom. The van der Waals surface area contributed by atoms with Gasteiger partial charge in [-0.1, -0.05) is 42.5 Å². The molecule has 6 heteroatoms. The zero-order chi connectivity index (χ0) is 20.2. The topological polar surface area (TPSA) is 78.5 Å². The number of hydrogen-bond donors (Lipinski definition) is 2. The lowest BCUT2D eigenvalue weighted by Gasteiger charge is -2.20. The van der Waals surface area contributed by atoms with Gasteiger partial charge in [0.05, 0.1) is 17.4 Å². The Morgan fingerprint density at radius 1 is 1.07 bits per heavy atom. The highest BCUT2D eigenvalue weighted by atomic mass is 16.5. The summed E-state index contributed by atoms with van der Waals surface area (Å²) in [5.41, 5.74) is 0.513. The van der Waals surface area contributed by atoms with E-state index >= 15 is 0 Å². The van der Waals surface area contributed by atoms with Crippen molar-refractivity contribution in [1.29, 1.82) is 0 Å². The lowest BCUT2D eigenvalue weighted by molar-refractivity contribution is 0.0737. The molecule has 0 saturated carbocycles. The van der Waals surface area contributed by atoms with Crippen LogP contribution in [0.4, 0.5) is 0 Å². The molecule has 0 fully saturated rings. The number of benzene rings is 3. The maximum atomic E-state index is 12.2. The van der Waals surface area contributed by atoms with Crippen LogP contribution in [0.25, 0.3) is 21.7 Å². The molecular formula is C23H23N3O3. The lowest BCUT2D eigenvalue weighted by Crippen LogP contribution is -2.33. The number of aromatic nitrogens is 2. The maximum absolute atomic E-state index is 12.2. The SMILES string of the molecule is CN(Cc1nc2ccccc2c(=O)[nH]1)C[C@@H](O)COc1ccc2ccccc2c1. The molecule has 0 aliphatic heterocycles. The largest absolute Gasteiger partial charge is 0.491 e. The minimum atomic E-state index is -0.668. The van der Waals surface area contributed by atoms with E-state index in [1.807, 2.05) is 72.6 Å². The monoisotopic (exact) mass is 389 g/mol. The van der Waals surface area contributed by atoms with E-state index in [1.165, 1.54) is 0 Å². The molecule has 1 atom stereocenters. The number of hydrogen-bond acceptors (Lipinski definition) is 5. The van der Waals surface area contributed by atoms with Gasteiger partial charge in [0.1, 0.15) is 24.3 Å². The first-order valence-electron chi connectivity index (χ1n) is 9.54. The molecule has 148 valence electrons. The Hall–Kier alpha value is -3.22. The van der Waals surface area contributed by atoms with Crippen molar-refractivity contribution in [1.82, 2.24) is 14.9 Å². The van der Waals surface area contributed by atoms with Crippen molar-refractivity contribution in [3.63, 3.8) is 0 Å². The van der Waals surface area contributed by atoms with Gasteiger partial charge in [0.15, 0.2) is 0 Å². The van der Waals surface area contributed by atoms with Crippen molar-refractivity contribution in [2.24, 2.45) is 0 Å². The summed E-state index contributed by atoms with van der Waals surface area (Å²) < 4.78 is 5.75. The molecule has 0 radical (unpaired) electrons. The highest BCUT2D eigenvalue weighted by Crippen LogP contribution is 2.20. The normalized spacial score (nSPS) is 12.5. The second-order valence-electron chi connectivity index (χ2n) is 7.20. The fraction of sp³-hybridized carbons (Fsp3) is 0.217. The third kappa shape index (κ3) is 4.62. The average molecular weight is 389 g/mol. The Morgan fingerprint density at radius 3 is 2.69 bits per heavy atom. The molecule has 29 heavy (non-hydrogen) atoms. The molecule has 6 nitrogen and oxygen atoms in total. The van der Waals surface area contributed by atoms with E-state index in [4.69, 9.17) is 4.74 Å². The number of H-pyrrole nitrogens is 1. The summed E-state index contributed by atoms with van der Waals surface area (Å²) in [4.78, 5) is 21.4. The number of ether oxygens (including phenoxy) is 1. The number of nitrogens with one attached hydrogen (secondary N) is 1. The van der Waals surface area contributed by atoms with Crippen molar-refractivity contribution >= 4 is 21.7 Å². The first kappa shape index (κ1) is 19.1. The predicted molar refractivity (Wildman–Crippen MR) is 114 cm³/mol. The number of likely N-dealkylation sites (N-methyl/N-ethyl adjacent to an activating group) is 1. The quantitative estimate of drug-likeness (QED) is 0.508. The molecule has 0 unspecified atom stereocenters. The Bertz CT molecular complexity index is 1190. The van der Waals surface area contributed by atoms with Crippen molar-refractivity contribution in [2.75, 3.05) is 20.2 Å². The van der Waals surface area contributed by atoms with Gasteiger partial charge in [-0.3, -0.25) is 9.69 Å². The van der Waals surface area contributed by atoms with Gasteiger partial charge < -0.3 is 14.8 Å². The highest BCUT2D eigenvalue weighted by molar-refractivity contribution is 5.83. The van der Waals surface area contributed by atoms with E-state index < -0.39 is 6.10 Å². The standard InChI is InChI=1S/C23H23N3O3/c1-26(14-22-24-21-9-5-4-8-20(21)23(28)25-22)13-18(27)15-29-19-11-10-16-6-2-3-7-17(16)12-19/h2-12,18,27H,13-15H2,1H3,(H,24,25,28)/t18-/m1/s1. The summed E-state index contributed by atoms with van der Waals surface area (Å²) in [6, 6.07) is 21.2. The molecule has 3 aromatic carbocycles. The molecule has 0 bridgehead atoms. The molecule has 0 amide bonds. The van der Waals surface area contributed by atoms with Crippen LogP contribution in [-0.4, -0.2) is 46.3 Å². The van der Waals surface area contributed by atoms with Gasteiger partial charge in [0.2, 0.25) is 0 Å². The van der Waals surface area contributed by atoms with Gasteiger partial charge in [0, 0.05) is 6.54 Å². The zero-order valence-electron chi connectivity index (χ0n) is 16.2. The third-order valence-electron chi connectivity index (χ3n) is 4.77. The van der Waals surface area contributed by atoms with E-state index in [9.17, 15) is 9.90 Å². The second kappa shape index (κ2) is 8.43. The second-order valence-corrected chi connectivity index (χ2v) is 7.20. The van der Waals surface area contributed by atoms with E-state index in [2.05, 4.69) is 9.97 Å². The van der Waals surface area contributed by atoms with Crippen LogP contribution in [0.15, 0.2) is 71.5 Å². The van der Waals surface area contributed by atoms with E-state index in [-0.39, 0.29) is 12.2 Å². The number of aliphatic hydroxyl groups excluding tert-OH is 1. The Balaban J connectivity index is 1.34. The van der Waals surface area contributed by atoms with Crippen LogP contribution in [0.2, 0.25) is 0 Å². The van der Waals surface area contributed by atoms with E-state index in [1.54, 1.807) is 6.07 Å². The molecule has 0 aliphatic carbocycles. The number of para-hydroxylation sites is 1. The summed E-state index contributed by atoms with van der Waals surface area (Å²) in [5, 5.41) is 13.2. The Kier molecular flexibility index (Phi) is 5.55. The summed E-state index contributed by atoms with van der Waals surface area (Å²) in [5.74, 6) is 1.30. The van der Waals surface area contributed by atoms with Crippen molar-refractivity contribution < 1.29 is 9.84 Å². The van der Waals surface area contributed by atoms with Gasteiger partial charge in [-0.15, -0.1) is 0 Å². The van der Waals surface area contributed by atoms with Crippen LogP contribution >= 0.6 is 0 Å². The average Bonchev–Trinajstić information content (AvgIpc) is 2.72. The fourth-order valence-electron chi connectivity index (χ4n) is 3.39. The Labute approximate surface area is 168 Å². The molecule has 1 aromatic heterocycles. The van der Waals surface area contributed by atoms with Crippen molar-refractivity contribution in [3.05, 3.63) is 82.9 Å². The molecule has 1 heterocycles. The first-order chi connectivity index (χ1) is 14.1. The minimum absolute atomic E-state index is 0.154. The molecule has 0 aliphatic rings. The van der Waals surface area contributed by atoms with Crippen LogP contribution in [0.1, 0.15) is 5.82 Å². The summed E-state index contributed by atoms with van der Waals surface area (Å²) in [7, 11) is 1.87. The van der Waals surface area contributed by atoms with Crippen molar-refractivity contribution in [2.45, 2.75) is 12.6 Å². The van der Waals surface area contributed by atoms with Gasteiger partial charge in [-0.25, -0.2) is 4.98 Å². The predicted octanol–water partition coefficient (Wildman–Crippen LogP) is 2.95. The number of rotatable bonds is 7.